The predicted octanol–water partition coefficient (Wildman–Crippen LogP) is 3.83. The fourth-order valence-electron chi connectivity index (χ4n) is 4.42. The molecular weight excluding hydrogens is 394 g/mol. The van der Waals surface area contributed by atoms with E-state index >= 15 is 0 Å². The van der Waals surface area contributed by atoms with Crippen molar-refractivity contribution in [1.29, 1.82) is 0 Å². The maximum Gasteiger partial charge on any atom is 0.264 e. The number of benzene rings is 1. The van der Waals surface area contributed by atoms with Gasteiger partial charge in [0.05, 0.1) is 11.4 Å². The normalized spacial score (nSPS) is 19.4. The van der Waals surface area contributed by atoms with Gasteiger partial charge in [0.2, 0.25) is 5.91 Å². The molecule has 0 spiro atoms. The van der Waals surface area contributed by atoms with E-state index in [1.807, 2.05) is 29.2 Å². The summed E-state index contributed by atoms with van der Waals surface area (Å²) in [6, 6.07) is 10.1. The Labute approximate surface area is 183 Å². The van der Waals surface area contributed by atoms with Crippen LogP contribution in [0.3, 0.4) is 0 Å². The monoisotopic (exact) mass is 425 g/mol. The molecule has 2 amide bonds. The van der Waals surface area contributed by atoms with E-state index in [0.717, 1.165) is 48.5 Å². The second kappa shape index (κ2) is 9.31. The zero-order valence-corrected chi connectivity index (χ0v) is 18.8. The van der Waals surface area contributed by atoms with E-state index in [1.54, 1.807) is 11.3 Å². The largest absolute Gasteiger partial charge is 0.335 e. The van der Waals surface area contributed by atoms with Gasteiger partial charge in [-0.2, -0.15) is 0 Å². The van der Waals surface area contributed by atoms with Crippen molar-refractivity contribution < 1.29 is 9.59 Å². The molecule has 2 aliphatic rings. The van der Waals surface area contributed by atoms with Crippen molar-refractivity contribution in [3.8, 4) is 0 Å². The van der Waals surface area contributed by atoms with Crippen LogP contribution in [0.15, 0.2) is 30.3 Å². The van der Waals surface area contributed by atoms with Crippen LogP contribution >= 0.6 is 11.3 Å². The molecule has 1 fully saturated rings. The summed E-state index contributed by atoms with van der Waals surface area (Å²) < 4.78 is 0. The highest BCUT2D eigenvalue weighted by atomic mass is 32.1. The van der Waals surface area contributed by atoms with Crippen LogP contribution in [0.1, 0.15) is 45.9 Å². The Morgan fingerprint density at radius 1 is 1.17 bits per heavy atom. The average Bonchev–Trinajstić information content (AvgIpc) is 3.17. The maximum atomic E-state index is 13.0. The molecular formula is C24H31N3O2S. The average molecular weight is 426 g/mol. The van der Waals surface area contributed by atoms with Gasteiger partial charge in [-0.15, -0.1) is 11.3 Å². The number of para-hydroxylation sites is 1. The van der Waals surface area contributed by atoms with Crippen molar-refractivity contribution in [3.63, 3.8) is 0 Å². The Bertz CT molecular complexity index is 915. The third-order valence-electron chi connectivity index (χ3n) is 6.24. The van der Waals surface area contributed by atoms with Crippen LogP contribution in [-0.4, -0.2) is 54.3 Å². The number of aryl methyl sites for hydroxylation is 2. The summed E-state index contributed by atoms with van der Waals surface area (Å²) in [6.07, 6.45) is 4.33. The van der Waals surface area contributed by atoms with Crippen LogP contribution in [0.4, 0.5) is 5.69 Å². The Hall–Kier alpha value is -2.18. The van der Waals surface area contributed by atoms with Gasteiger partial charge in [0.15, 0.2) is 0 Å². The number of nitrogens with zero attached hydrogens (tertiary/aromatic N) is 2. The third-order valence-corrected chi connectivity index (χ3v) is 7.46. The molecule has 1 aromatic carbocycles. The quantitative estimate of drug-likeness (QED) is 0.792. The van der Waals surface area contributed by atoms with E-state index in [9.17, 15) is 9.59 Å². The smallest absolute Gasteiger partial charge is 0.264 e. The van der Waals surface area contributed by atoms with E-state index in [0.29, 0.717) is 25.6 Å². The number of carbonyl (C=O) groups is 2. The summed E-state index contributed by atoms with van der Waals surface area (Å²) in [4.78, 5) is 31.8. The molecule has 1 saturated heterocycles. The van der Waals surface area contributed by atoms with E-state index in [2.05, 4.69) is 30.1 Å². The zero-order chi connectivity index (χ0) is 21.1. The summed E-state index contributed by atoms with van der Waals surface area (Å²) in [5, 5.41) is 3.04. The van der Waals surface area contributed by atoms with Crippen molar-refractivity contribution in [1.82, 2.24) is 9.80 Å². The molecule has 5 nitrogen and oxygen atoms in total. The number of thiophene rings is 1. The molecule has 0 unspecified atom stereocenters. The highest BCUT2D eigenvalue weighted by molar-refractivity contribution is 7.14. The lowest BCUT2D eigenvalue weighted by Crippen LogP contribution is -2.50. The molecule has 0 bridgehead atoms. The van der Waals surface area contributed by atoms with E-state index in [1.165, 1.54) is 16.9 Å². The number of rotatable bonds is 5. The molecule has 4 rings (SSSR count). The van der Waals surface area contributed by atoms with Crippen LogP contribution in [0, 0.1) is 5.92 Å². The molecule has 2 aromatic rings. The number of amides is 2. The third kappa shape index (κ3) is 4.76. The molecule has 6 heteroatoms. The number of nitrogens with one attached hydrogen (secondary N) is 1. The lowest BCUT2D eigenvalue weighted by Gasteiger charge is -2.34. The minimum Gasteiger partial charge on any atom is -0.335 e. The molecule has 1 N–H and O–H groups in total. The van der Waals surface area contributed by atoms with Gasteiger partial charge in [-0.1, -0.05) is 32.0 Å². The summed E-state index contributed by atoms with van der Waals surface area (Å²) in [5.74, 6) is 0.882. The van der Waals surface area contributed by atoms with Crippen LogP contribution in [-0.2, 0) is 24.1 Å². The minimum absolute atomic E-state index is 0.00993. The van der Waals surface area contributed by atoms with Gasteiger partial charge in [-0.3, -0.25) is 14.5 Å². The van der Waals surface area contributed by atoms with E-state index < -0.39 is 0 Å². The lowest BCUT2D eigenvalue weighted by atomic mass is 9.90. The van der Waals surface area contributed by atoms with Gasteiger partial charge in [0.1, 0.15) is 0 Å². The first-order chi connectivity index (χ1) is 14.5. The van der Waals surface area contributed by atoms with Crippen molar-refractivity contribution in [2.45, 2.75) is 39.5 Å². The number of carbonyl (C=O) groups excluding carboxylic acids is 2. The first-order valence-electron chi connectivity index (χ1n) is 11.0. The lowest BCUT2D eigenvalue weighted by molar-refractivity contribution is -0.117. The first-order valence-corrected chi connectivity index (χ1v) is 11.9. The Morgan fingerprint density at radius 3 is 2.70 bits per heavy atom. The van der Waals surface area contributed by atoms with Crippen LogP contribution in [0.5, 0.6) is 0 Å². The zero-order valence-electron chi connectivity index (χ0n) is 17.9. The maximum absolute atomic E-state index is 13.0. The molecule has 1 aliphatic carbocycles. The van der Waals surface area contributed by atoms with Gasteiger partial charge >= 0.3 is 0 Å². The van der Waals surface area contributed by atoms with Gasteiger partial charge in [0, 0.05) is 36.7 Å². The summed E-state index contributed by atoms with van der Waals surface area (Å²) in [6.45, 7) is 7.57. The van der Waals surface area contributed by atoms with Gasteiger partial charge in [-0.25, -0.2) is 0 Å². The van der Waals surface area contributed by atoms with Crippen LogP contribution in [0.25, 0.3) is 0 Å². The predicted molar refractivity (Wildman–Crippen MR) is 122 cm³/mol. The summed E-state index contributed by atoms with van der Waals surface area (Å²) in [5.41, 5.74) is 3.42. The second-order valence-electron chi connectivity index (χ2n) is 8.53. The minimum atomic E-state index is 0.00993. The van der Waals surface area contributed by atoms with Crippen molar-refractivity contribution >= 4 is 28.8 Å². The molecule has 1 aromatic heterocycles. The van der Waals surface area contributed by atoms with Crippen molar-refractivity contribution in [2.75, 3.05) is 38.0 Å². The topological polar surface area (TPSA) is 52.7 Å². The van der Waals surface area contributed by atoms with Crippen LogP contribution in [0.2, 0.25) is 0 Å². The number of anilines is 1. The van der Waals surface area contributed by atoms with Gasteiger partial charge in [0.25, 0.3) is 5.91 Å². The molecule has 1 aliphatic heterocycles. The molecule has 30 heavy (non-hydrogen) atoms. The SMILES string of the molecule is CCc1ccccc1NC(=O)CN1CCN(C(=O)c2cc3c(s2)CC[C@@H](C)C3)CC1. The second-order valence-corrected chi connectivity index (χ2v) is 9.67. The standard InChI is InChI=1S/C24H31N3O2S/c1-3-18-6-4-5-7-20(18)25-23(28)16-26-10-12-27(13-11-26)24(29)22-15-19-14-17(2)8-9-21(19)30-22/h4-7,15,17H,3,8-14,16H2,1-2H3,(H,25,28)/t17-/m1/s1. The number of hydrogen-bond donors (Lipinski definition) is 1. The Morgan fingerprint density at radius 2 is 1.93 bits per heavy atom. The number of hydrogen-bond acceptors (Lipinski definition) is 4. The summed E-state index contributed by atoms with van der Waals surface area (Å²) >= 11 is 1.69. The van der Waals surface area contributed by atoms with E-state index in [4.69, 9.17) is 0 Å². The van der Waals surface area contributed by atoms with Gasteiger partial charge < -0.3 is 10.2 Å². The Balaban J connectivity index is 1.28. The first kappa shape index (κ1) is 21.1. The van der Waals surface area contributed by atoms with Crippen LogP contribution < -0.4 is 5.32 Å². The fourth-order valence-corrected chi connectivity index (χ4v) is 5.60. The van der Waals surface area contributed by atoms with Crippen molar-refractivity contribution in [3.05, 3.63) is 51.2 Å². The van der Waals surface area contributed by atoms with Crippen molar-refractivity contribution in [2.24, 2.45) is 5.92 Å². The van der Waals surface area contributed by atoms with Gasteiger partial charge in [-0.05, 0) is 54.9 Å². The molecule has 1 atom stereocenters. The summed E-state index contributed by atoms with van der Waals surface area (Å²) in [7, 11) is 0. The molecule has 160 valence electrons. The molecule has 0 saturated carbocycles. The highest BCUT2D eigenvalue weighted by Crippen LogP contribution is 2.32. The fraction of sp³-hybridized carbons (Fsp3) is 0.500. The number of fused-ring (bicyclic) bond motifs is 1. The molecule has 0 radical (unpaired) electrons. The molecule has 2 heterocycles. The van der Waals surface area contributed by atoms with E-state index in [-0.39, 0.29) is 11.8 Å². The number of piperazine rings is 1. The Kier molecular flexibility index (Phi) is 6.54. The highest BCUT2D eigenvalue weighted by Gasteiger charge is 2.26.